The highest BCUT2D eigenvalue weighted by molar-refractivity contribution is 9.10. The molecule has 2 rings (SSSR count). The lowest BCUT2D eigenvalue weighted by molar-refractivity contribution is -0.155. The molecule has 0 bridgehead atoms. The van der Waals surface area contributed by atoms with Crippen LogP contribution < -0.4 is 5.32 Å². The minimum atomic E-state index is -4.54. The Morgan fingerprint density at radius 2 is 2.15 bits per heavy atom. The van der Waals surface area contributed by atoms with Crippen molar-refractivity contribution >= 4 is 32.5 Å². The van der Waals surface area contributed by atoms with E-state index >= 15 is 0 Å². The maximum atomic E-state index is 12.5. The number of alkyl halides is 3. The normalized spacial score (nSPS) is 12.9. The minimum absolute atomic E-state index is 0.472. The summed E-state index contributed by atoms with van der Waals surface area (Å²) in [5.74, 6) is -2.05. The molecule has 1 aromatic heterocycles. The lowest BCUT2D eigenvalue weighted by Crippen LogP contribution is -2.28. The van der Waals surface area contributed by atoms with E-state index in [-0.39, 0.29) is 0 Å². The lowest BCUT2D eigenvalue weighted by atomic mass is 10.1. The van der Waals surface area contributed by atoms with E-state index < -0.39 is 18.6 Å². The van der Waals surface area contributed by atoms with Gasteiger partial charge >= 0.3 is 6.18 Å². The van der Waals surface area contributed by atoms with E-state index in [1.54, 1.807) is 18.3 Å². The third-order valence-corrected chi connectivity index (χ3v) is 3.16. The number of para-hydroxylation sites is 1. The Morgan fingerprint density at radius 1 is 1.40 bits per heavy atom. The van der Waals surface area contributed by atoms with Crippen LogP contribution in [-0.2, 0) is 0 Å². The Balaban J connectivity index is 2.25. The Morgan fingerprint density at radius 3 is 2.80 bits per heavy atom. The topological polar surface area (TPSA) is 48.7 Å². The molecule has 0 saturated carbocycles. The number of hydrogen-bond donors (Lipinski definition) is 1. The van der Waals surface area contributed by atoms with Gasteiger partial charge in [-0.05, 0) is 28.1 Å². The minimum Gasteiger partial charge on any atom is -0.382 e. The maximum Gasteiger partial charge on any atom is 0.406 e. The van der Waals surface area contributed by atoms with Crippen LogP contribution in [-0.4, -0.2) is 17.7 Å². The van der Waals surface area contributed by atoms with Gasteiger partial charge in [-0.25, -0.2) is 0 Å². The van der Waals surface area contributed by atoms with Crippen molar-refractivity contribution in [3.8, 4) is 6.07 Å². The summed E-state index contributed by atoms with van der Waals surface area (Å²) in [6, 6.07) is 8.23. The number of anilines is 1. The molecular formula is C13H9BrF3N3. The molecule has 7 heteroatoms. The predicted octanol–water partition coefficient (Wildman–Crippen LogP) is 4.11. The van der Waals surface area contributed by atoms with Crippen molar-refractivity contribution in [3.63, 3.8) is 0 Å². The van der Waals surface area contributed by atoms with E-state index in [0.29, 0.717) is 11.2 Å². The number of fused-ring (bicyclic) bond motifs is 1. The molecule has 3 nitrogen and oxygen atoms in total. The van der Waals surface area contributed by atoms with Crippen molar-refractivity contribution in [3.05, 3.63) is 34.9 Å². The van der Waals surface area contributed by atoms with Gasteiger partial charge in [0, 0.05) is 22.6 Å². The van der Waals surface area contributed by atoms with Gasteiger partial charge in [-0.15, -0.1) is 0 Å². The zero-order chi connectivity index (χ0) is 14.8. The van der Waals surface area contributed by atoms with Gasteiger partial charge in [-0.3, -0.25) is 4.98 Å². The summed E-state index contributed by atoms with van der Waals surface area (Å²) in [6.07, 6.45) is -2.97. The fourth-order valence-electron chi connectivity index (χ4n) is 1.72. The second kappa shape index (κ2) is 5.67. The molecule has 0 aliphatic rings. The Kier molecular flexibility index (Phi) is 4.14. The molecule has 1 aromatic carbocycles. The van der Waals surface area contributed by atoms with Crippen molar-refractivity contribution in [2.24, 2.45) is 5.92 Å². The Labute approximate surface area is 121 Å². The number of benzene rings is 1. The average Bonchev–Trinajstić information content (AvgIpc) is 2.37. The van der Waals surface area contributed by atoms with E-state index in [9.17, 15) is 13.2 Å². The summed E-state index contributed by atoms with van der Waals surface area (Å²) in [5.41, 5.74) is 1.04. The number of nitrogens with zero attached hydrogens (tertiary/aromatic N) is 2. The second-order valence-electron chi connectivity index (χ2n) is 4.14. The quantitative estimate of drug-likeness (QED) is 0.912. The smallest absolute Gasteiger partial charge is 0.382 e. The summed E-state index contributed by atoms with van der Waals surface area (Å²) >= 11 is 3.28. The number of pyridine rings is 1. The Hall–Kier alpha value is -1.81. The molecule has 0 saturated heterocycles. The van der Waals surface area contributed by atoms with E-state index in [1.807, 2.05) is 12.1 Å². The van der Waals surface area contributed by atoms with Crippen molar-refractivity contribution in [1.29, 1.82) is 5.26 Å². The third-order valence-electron chi connectivity index (χ3n) is 2.73. The molecule has 1 heterocycles. The van der Waals surface area contributed by atoms with Crippen LogP contribution in [0.25, 0.3) is 10.9 Å². The largest absolute Gasteiger partial charge is 0.406 e. The zero-order valence-electron chi connectivity index (χ0n) is 10.1. The van der Waals surface area contributed by atoms with Crippen LogP contribution in [0.5, 0.6) is 0 Å². The molecule has 1 unspecified atom stereocenters. The molecule has 0 aliphatic heterocycles. The van der Waals surface area contributed by atoms with E-state index in [0.717, 1.165) is 9.86 Å². The summed E-state index contributed by atoms with van der Waals surface area (Å²) < 4.78 is 38.3. The van der Waals surface area contributed by atoms with Crippen LogP contribution in [0.2, 0.25) is 0 Å². The number of aromatic nitrogens is 1. The molecule has 0 aliphatic carbocycles. The molecule has 0 fully saturated rings. The van der Waals surface area contributed by atoms with Crippen molar-refractivity contribution in [1.82, 2.24) is 4.98 Å². The molecule has 1 atom stereocenters. The van der Waals surface area contributed by atoms with Crippen molar-refractivity contribution in [2.75, 3.05) is 11.9 Å². The van der Waals surface area contributed by atoms with Gasteiger partial charge in [-0.2, -0.15) is 18.4 Å². The highest BCUT2D eigenvalue weighted by atomic mass is 79.9. The molecule has 20 heavy (non-hydrogen) atoms. The van der Waals surface area contributed by atoms with E-state index in [1.165, 1.54) is 6.07 Å². The first-order valence-electron chi connectivity index (χ1n) is 5.66. The van der Waals surface area contributed by atoms with E-state index in [4.69, 9.17) is 5.26 Å². The van der Waals surface area contributed by atoms with Crippen molar-refractivity contribution < 1.29 is 13.2 Å². The van der Waals surface area contributed by atoms with Crippen LogP contribution in [0.15, 0.2) is 34.9 Å². The van der Waals surface area contributed by atoms with Gasteiger partial charge in [0.25, 0.3) is 0 Å². The second-order valence-corrected chi connectivity index (χ2v) is 5.05. The van der Waals surface area contributed by atoms with Gasteiger partial charge in [0.05, 0.1) is 17.3 Å². The Bertz CT molecular complexity index is 664. The number of halogens is 4. The number of rotatable bonds is 3. The van der Waals surface area contributed by atoms with Crippen LogP contribution >= 0.6 is 15.9 Å². The highest BCUT2D eigenvalue weighted by Gasteiger charge is 2.39. The van der Waals surface area contributed by atoms with E-state index in [2.05, 4.69) is 26.2 Å². The van der Waals surface area contributed by atoms with Crippen LogP contribution in [0.3, 0.4) is 0 Å². The number of nitriles is 1. The summed E-state index contributed by atoms with van der Waals surface area (Å²) in [7, 11) is 0. The SMILES string of the molecule is N#CC(CNc1cccc2cc(Br)cnc12)C(F)(F)F. The summed E-state index contributed by atoms with van der Waals surface area (Å²) in [5, 5.41) is 12.0. The highest BCUT2D eigenvalue weighted by Crippen LogP contribution is 2.28. The molecule has 0 radical (unpaired) electrons. The number of nitrogens with one attached hydrogen (secondary N) is 1. The fourth-order valence-corrected chi connectivity index (χ4v) is 2.07. The fraction of sp³-hybridized carbons (Fsp3) is 0.231. The van der Waals surface area contributed by atoms with Crippen LogP contribution in [0.4, 0.5) is 18.9 Å². The van der Waals surface area contributed by atoms with Gasteiger partial charge in [0.2, 0.25) is 0 Å². The molecule has 1 N–H and O–H groups in total. The first-order chi connectivity index (χ1) is 9.41. The van der Waals surface area contributed by atoms with Gasteiger partial charge in [0.15, 0.2) is 5.92 Å². The van der Waals surface area contributed by atoms with Gasteiger partial charge in [-0.1, -0.05) is 12.1 Å². The number of hydrogen-bond acceptors (Lipinski definition) is 3. The van der Waals surface area contributed by atoms with Gasteiger partial charge in [0.1, 0.15) is 0 Å². The molecular weight excluding hydrogens is 335 g/mol. The zero-order valence-corrected chi connectivity index (χ0v) is 11.7. The van der Waals surface area contributed by atoms with Gasteiger partial charge < -0.3 is 5.32 Å². The molecule has 0 spiro atoms. The third kappa shape index (κ3) is 3.20. The van der Waals surface area contributed by atoms with Crippen molar-refractivity contribution in [2.45, 2.75) is 6.18 Å². The summed E-state index contributed by atoms with van der Waals surface area (Å²) in [4.78, 5) is 4.17. The average molecular weight is 344 g/mol. The monoisotopic (exact) mass is 343 g/mol. The predicted molar refractivity (Wildman–Crippen MR) is 73.1 cm³/mol. The summed E-state index contributed by atoms with van der Waals surface area (Å²) in [6.45, 7) is -0.503. The first-order valence-corrected chi connectivity index (χ1v) is 6.45. The molecule has 2 aromatic rings. The lowest BCUT2D eigenvalue weighted by Gasteiger charge is -2.15. The molecule has 0 amide bonds. The molecule has 104 valence electrons. The maximum absolute atomic E-state index is 12.5. The van der Waals surface area contributed by atoms with Crippen LogP contribution in [0, 0.1) is 17.2 Å². The van der Waals surface area contributed by atoms with Crippen LogP contribution in [0.1, 0.15) is 0 Å². The first kappa shape index (κ1) is 14.6. The standard InChI is InChI=1S/C13H9BrF3N3/c14-10-4-8-2-1-3-11(12(8)20-7-10)19-6-9(5-18)13(15,16)17/h1-4,7,9,19H,6H2.